The number of aliphatic carboxylic acids is 1. The zero-order valence-electron chi connectivity index (χ0n) is 12.9. The van der Waals surface area contributed by atoms with Crippen LogP contribution in [0, 0.1) is 0 Å². The third kappa shape index (κ3) is 2.98. The number of carbonyl (C=O) groups excluding carboxylic acids is 2. The van der Waals surface area contributed by atoms with Crippen LogP contribution in [0.15, 0.2) is 30.3 Å². The van der Waals surface area contributed by atoms with E-state index in [2.05, 4.69) is 5.32 Å². The van der Waals surface area contributed by atoms with Gasteiger partial charge in [0.15, 0.2) is 0 Å². The number of hydrogen-bond donors (Lipinski definition) is 2. The van der Waals surface area contributed by atoms with E-state index in [4.69, 9.17) is 11.6 Å². The summed E-state index contributed by atoms with van der Waals surface area (Å²) in [6.07, 6.45) is 0.178. The fourth-order valence-electron chi connectivity index (χ4n) is 3.07. The number of amides is 2. The van der Waals surface area contributed by atoms with Crippen molar-refractivity contribution in [1.29, 1.82) is 0 Å². The Morgan fingerprint density at radius 1 is 1.42 bits per heavy atom. The second-order valence-electron chi connectivity index (χ2n) is 6.17. The number of nitrogens with one attached hydrogen (secondary N) is 1. The minimum atomic E-state index is -1.12. The molecule has 2 heterocycles. The maximum absolute atomic E-state index is 12.4. The van der Waals surface area contributed by atoms with Crippen molar-refractivity contribution in [2.75, 3.05) is 5.75 Å². The van der Waals surface area contributed by atoms with Crippen molar-refractivity contribution >= 4 is 41.1 Å². The van der Waals surface area contributed by atoms with Gasteiger partial charge in [-0.05, 0) is 12.5 Å². The molecule has 4 atom stereocenters. The lowest BCUT2D eigenvalue weighted by Gasteiger charge is -2.55. The number of alkyl halides is 1. The summed E-state index contributed by atoms with van der Waals surface area (Å²) >= 11 is 7.67. The van der Waals surface area contributed by atoms with Crippen LogP contribution in [0.3, 0.4) is 0 Å². The molecule has 0 saturated carbocycles. The molecular weight excluding hydrogens is 352 g/mol. The van der Waals surface area contributed by atoms with E-state index >= 15 is 0 Å². The van der Waals surface area contributed by atoms with Gasteiger partial charge in [-0.3, -0.25) is 9.59 Å². The molecule has 0 aromatic heterocycles. The number of carbonyl (C=O) groups is 3. The van der Waals surface area contributed by atoms with Gasteiger partial charge in [0.2, 0.25) is 11.8 Å². The van der Waals surface area contributed by atoms with Crippen LogP contribution in [0.1, 0.15) is 12.5 Å². The van der Waals surface area contributed by atoms with Crippen LogP contribution in [0.25, 0.3) is 0 Å². The van der Waals surface area contributed by atoms with Crippen molar-refractivity contribution in [2.45, 2.75) is 35.7 Å². The predicted molar refractivity (Wildman–Crippen MR) is 90.9 cm³/mol. The van der Waals surface area contributed by atoms with Crippen molar-refractivity contribution in [1.82, 2.24) is 10.2 Å². The Morgan fingerprint density at radius 3 is 2.71 bits per heavy atom. The van der Waals surface area contributed by atoms with Crippen molar-refractivity contribution in [3.05, 3.63) is 35.9 Å². The molecule has 24 heavy (non-hydrogen) atoms. The predicted octanol–water partition coefficient (Wildman–Crippen LogP) is 1.08. The summed E-state index contributed by atoms with van der Waals surface area (Å²) in [6, 6.07) is 7.44. The summed E-state index contributed by atoms with van der Waals surface area (Å²) < 4.78 is 0. The van der Waals surface area contributed by atoms with Gasteiger partial charge in [-0.1, -0.05) is 30.3 Å². The Morgan fingerprint density at radius 2 is 2.08 bits per heavy atom. The molecule has 1 aromatic carbocycles. The van der Waals surface area contributed by atoms with Gasteiger partial charge in [-0.2, -0.15) is 0 Å². The SMILES string of the molecule is C[C@@]1(Cl)CS[C@H]2[C@H](NC(=O)Cc3ccccc3)C(=O)N2[C@H]1C(=O)O. The van der Waals surface area contributed by atoms with E-state index in [1.807, 2.05) is 30.3 Å². The first kappa shape index (κ1) is 17.1. The number of fused-ring (bicyclic) bond motifs is 1. The maximum Gasteiger partial charge on any atom is 0.328 e. The summed E-state index contributed by atoms with van der Waals surface area (Å²) in [5, 5.41) is 11.7. The highest BCUT2D eigenvalue weighted by Crippen LogP contribution is 2.44. The van der Waals surface area contributed by atoms with Crippen LogP contribution in [-0.2, 0) is 20.8 Å². The van der Waals surface area contributed by atoms with Crippen molar-refractivity contribution < 1.29 is 19.5 Å². The molecule has 1 aromatic rings. The molecule has 2 saturated heterocycles. The van der Waals surface area contributed by atoms with Crippen LogP contribution in [0.5, 0.6) is 0 Å². The third-order valence-corrected chi connectivity index (χ3v) is 6.33. The number of halogens is 1. The number of carboxylic acid groups (broad SMARTS) is 1. The molecule has 128 valence electrons. The molecule has 0 spiro atoms. The summed E-state index contributed by atoms with van der Waals surface area (Å²) in [5.74, 6) is -1.38. The van der Waals surface area contributed by atoms with Gasteiger partial charge in [0.25, 0.3) is 0 Å². The highest BCUT2D eigenvalue weighted by molar-refractivity contribution is 8.00. The molecule has 2 aliphatic rings. The average Bonchev–Trinajstić information content (AvgIpc) is 2.52. The fourth-order valence-corrected chi connectivity index (χ4v) is 4.87. The van der Waals surface area contributed by atoms with Gasteiger partial charge in [-0.25, -0.2) is 4.79 Å². The Kier molecular flexibility index (Phi) is 4.48. The first-order chi connectivity index (χ1) is 11.3. The number of thioether (sulfide) groups is 1. The van der Waals surface area contributed by atoms with Crippen LogP contribution in [0.2, 0.25) is 0 Å². The second-order valence-corrected chi connectivity index (χ2v) is 8.14. The number of nitrogens with zero attached hydrogens (tertiary/aromatic N) is 1. The van der Waals surface area contributed by atoms with E-state index in [1.165, 1.54) is 16.7 Å². The molecule has 2 fully saturated rings. The Hall–Kier alpha value is -1.73. The fraction of sp³-hybridized carbons (Fsp3) is 0.438. The molecule has 0 radical (unpaired) electrons. The van der Waals surface area contributed by atoms with Gasteiger partial charge in [-0.15, -0.1) is 23.4 Å². The van der Waals surface area contributed by atoms with Crippen LogP contribution in [0.4, 0.5) is 0 Å². The Bertz CT molecular complexity index is 682. The largest absolute Gasteiger partial charge is 0.480 e. The van der Waals surface area contributed by atoms with E-state index < -0.39 is 28.8 Å². The van der Waals surface area contributed by atoms with Crippen molar-refractivity contribution in [3.8, 4) is 0 Å². The molecule has 3 rings (SSSR count). The average molecular weight is 369 g/mol. The topological polar surface area (TPSA) is 86.7 Å². The molecule has 2 N–H and O–H groups in total. The summed E-state index contributed by atoms with van der Waals surface area (Å²) in [7, 11) is 0. The zero-order chi connectivity index (χ0) is 17.5. The third-order valence-electron chi connectivity index (χ3n) is 4.22. The number of benzene rings is 1. The monoisotopic (exact) mass is 368 g/mol. The zero-order valence-corrected chi connectivity index (χ0v) is 14.5. The quantitative estimate of drug-likeness (QED) is 0.613. The van der Waals surface area contributed by atoms with Crippen molar-refractivity contribution in [3.63, 3.8) is 0 Å². The molecular formula is C16H17ClN2O4S. The first-order valence-electron chi connectivity index (χ1n) is 7.50. The van der Waals surface area contributed by atoms with Crippen molar-refractivity contribution in [2.24, 2.45) is 0 Å². The lowest BCUT2D eigenvalue weighted by Crippen LogP contribution is -2.78. The number of rotatable bonds is 4. The van der Waals surface area contributed by atoms with Gasteiger partial charge < -0.3 is 15.3 Å². The lowest BCUT2D eigenvalue weighted by atomic mass is 9.94. The minimum absolute atomic E-state index is 0.178. The van der Waals surface area contributed by atoms with E-state index in [0.717, 1.165) is 5.56 Å². The molecule has 0 unspecified atom stereocenters. The standard InChI is InChI=1S/C16H17ClN2O4S/c1-16(17)8-24-14-11(13(21)19(14)12(16)15(22)23)18-10(20)7-9-5-3-2-4-6-9/h2-6,11-12,14H,7-8H2,1H3,(H,18,20)(H,22,23)/t11-,12+,14+,16-/m1/s1. The van der Waals surface area contributed by atoms with E-state index in [9.17, 15) is 19.5 Å². The summed E-state index contributed by atoms with van der Waals surface area (Å²) in [6.45, 7) is 1.62. The highest BCUT2D eigenvalue weighted by Gasteiger charge is 2.61. The summed E-state index contributed by atoms with van der Waals surface area (Å²) in [4.78, 5) is 36.3. The Balaban J connectivity index is 1.67. The van der Waals surface area contributed by atoms with Crippen LogP contribution < -0.4 is 5.32 Å². The number of β-lactam (4-membered cyclic amide) rings is 1. The number of hydrogen-bond acceptors (Lipinski definition) is 4. The molecule has 2 amide bonds. The molecule has 6 nitrogen and oxygen atoms in total. The summed E-state index contributed by atoms with van der Waals surface area (Å²) in [5.41, 5.74) is 0.853. The Labute approximate surface area is 148 Å². The molecule has 2 aliphatic heterocycles. The smallest absolute Gasteiger partial charge is 0.328 e. The van der Waals surface area contributed by atoms with E-state index in [-0.39, 0.29) is 17.7 Å². The highest BCUT2D eigenvalue weighted by atomic mass is 35.5. The first-order valence-corrected chi connectivity index (χ1v) is 8.93. The molecule has 8 heteroatoms. The molecule has 0 bridgehead atoms. The van der Waals surface area contributed by atoms with Gasteiger partial charge in [0, 0.05) is 5.75 Å². The van der Waals surface area contributed by atoms with Gasteiger partial charge in [0.1, 0.15) is 17.5 Å². The minimum Gasteiger partial charge on any atom is -0.480 e. The molecule has 0 aliphatic carbocycles. The van der Waals surface area contributed by atoms with Crippen LogP contribution >= 0.6 is 23.4 Å². The van der Waals surface area contributed by atoms with E-state index in [1.54, 1.807) is 6.92 Å². The maximum atomic E-state index is 12.4. The second kappa shape index (κ2) is 6.29. The lowest BCUT2D eigenvalue weighted by molar-refractivity contribution is -0.164. The number of carboxylic acids is 1. The van der Waals surface area contributed by atoms with Crippen LogP contribution in [-0.4, -0.2) is 55.9 Å². The normalized spacial score (nSPS) is 31.8. The van der Waals surface area contributed by atoms with E-state index in [0.29, 0.717) is 5.75 Å². The van der Waals surface area contributed by atoms with Gasteiger partial charge >= 0.3 is 5.97 Å². The van der Waals surface area contributed by atoms with Gasteiger partial charge in [0.05, 0.1) is 11.3 Å².